The summed E-state index contributed by atoms with van der Waals surface area (Å²) in [6.45, 7) is 1.82. The molecule has 1 rings (SSSR count). The van der Waals surface area contributed by atoms with E-state index in [1.165, 1.54) is 0 Å². The Morgan fingerprint density at radius 3 is 2.60 bits per heavy atom. The van der Waals surface area contributed by atoms with E-state index in [0.29, 0.717) is 0 Å². The van der Waals surface area contributed by atoms with Gasteiger partial charge >= 0.3 is 5.97 Å². The molecule has 2 unspecified atom stereocenters. The highest BCUT2D eigenvalue weighted by molar-refractivity contribution is 5.92. The van der Waals surface area contributed by atoms with Gasteiger partial charge in [-0.2, -0.15) is 0 Å². The molecule has 56 valence electrons. The molecule has 1 heterocycles. The summed E-state index contributed by atoms with van der Waals surface area (Å²) >= 11 is 0. The molecule has 1 fully saturated rings. The zero-order chi connectivity index (χ0) is 7.72. The molecule has 0 saturated carbocycles. The second kappa shape index (κ2) is 2.38. The Kier molecular flexibility index (Phi) is 1.72. The first-order valence-corrected chi connectivity index (χ1v) is 3.12. The van der Waals surface area contributed by atoms with Crippen LogP contribution in [0.25, 0.3) is 0 Å². The van der Waals surface area contributed by atoms with Crippen molar-refractivity contribution in [2.75, 3.05) is 6.54 Å². The molecular formula is C6H9NO3. The predicted octanol–water partition coefficient (Wildman–Crippen LogP) is -0.752. The third-order valence-corrected chi connectivity index (χ3v) is 1.77. The molecule has 0 radical (unpaired) electrons. The van der Waals surface area contributed by atoms with Crippen molar-refractivity contribution in [3.05, 3.63) is 0 Å². The van der Waals surface area contributed by atoms with Crippen LogP contribution in [0.1, 0.15) is 6.92 Å². The molecule has 0 spiro atoms. The van der Waals surface area contributed by atoms with Gasteiger partial charge in [-0.05, 0) is 0 Å². The number of carboxylic acid groups (broad SMARTS) is 1. The molecule has 0 aromatic heterocycles. The fraction of sp³-hybridized carbons (Fsp3) is 0.667. The van der Waals surface area contributed by atoms with Crippen molar-refractivity contribution < 1.29 is 14.7 Å². The summed E-state index contributed by atoms with van der Waals surface area (Å²) < 4.78 is 0. The van der Waals surface area contributed by atoms with Crippen LogP contribution < -0.4 is 5.32 Å². The molecule has 2 atom stereocenters. The van der Waals surface area contributed by atoms with E-state index in [1.807, 2.05) is 0 Å². The van der Waals surface area contributed by atoms with E-state index < -0.39 is 12.0 Å². The molecule has 10 heavy (non-hydrogen) atoms. The zero-order valence-corrected chi connectivity index (χ0v) is 5.63. The Bertz CT molecular complexity index is 178. The van der Waals surface area contributed by atoms with Gasteiger partial charge in [-0.25, -0.2) is 0 Å². The van der Waals surface area contributed by atoms with Gasteiger partial charge in [0.25, 0.3) is 0 Å². The normalized spacial score (nSPS) is 32.7. The van der Waals surface area contributed by atoms with Crippen LogP contribution in [-0.4, -0.2) is 29.4 Å². The number of rotatable bonds is 1. The topological polar surface area (TPSA) is 66.4 Å². The van der Waals surface area contributed by atoms with Crippen molar-refractivity contribution in [1.82, 2.24) is 5.32 Å². The maximum atomic E-state index is 10.8. The molecule has 2 N–H and O–H groups in total. The van der Waals surface area contributed by atoms with Crippen LogP contribution in [0.3, 0.4) is 0 Å². The average Bonchev–Trinajstić information content (AvgIpc) is 2.14. The average molecular weight is 143 g/mol. The molecule has 1 saturated heterocycles. The Hall–Kier alpha value is -0.900. The quantitative estimate of drug-likeness (QED) is 0.506. The van der Waals surface area contributed by atoms with Gasteiger partial charge in [-0.15, -0.1) is 0 Å². The number of carbonyl (C=O) groups excluding carboxylic acids is 1. The van der Waals surface area contributed by atoms with Crippen molar-refractivity contribution in [2.45, 2.75) is 13.0 Å². The van der Waals surface area contributed by atoms with Crippen LogP contribution in [0.4, 0.5) is 0 Å². The van der Waals surface area contributed by atoms with Gasteiger partial charge < -0.3 is 5.11 Å². The first-order chi connectivity index (χ1) is 4.63. The zero-order valence-electron chi connectivity index (χ0n) is 5.63. The van der Waals surface area contributed by atoms with Crippen molar-refractivity contribution in [3.8, 4) is 0 Å². The van der Waals surface area contributed by atoms with E-state index in [4.69, 9.17) is 5.11 Å². The number of carboxylic acids is 1. The molecule has 0 aromatic carbocycles. The lowest BCUT2D eigenvalue weighted by atomic mass is 10.0. The summed E-state index contributed by atoms with van der Waals surface area (Å²) in [5, 5.41) is 11.1. The minimum absolute atomic E-state index is 0.0209. The molecule has 0 amide bonds. The summed E-state index contributed by atoms with van der Waals surface area (Å²) in [5.74, 6) is -1.34. The third kappa shape index (κ3) is 1.02. The van der Waals surface area contributed by atoms with Crippen molar-refractivity contribution in [1.29, 1.82) is 0 Å². The van der Waals surface area contributed by atoms with Crippen LogP contribution in [0.5, 0.6) is 0 Å². The minimum Gasteiger partial charge on any atom is -0.480 e. The first kappa shape index (κ1) is 7.21. The maximum Gasteiger partial charge on any atom is 0.321 e. The molecule has 1 aliphatic rings. The second-order valence-electron chi connectivity index (χ2n) is 2.45. The molecular weight excluding hydrogens is 134 g/mol. The van der Waals surface area contributed by atoms with Gasteiger partial charge in [0.15, 0.2) is 5.78 Å². The fourth-order valence-electron chi connectivity index (χ4n) is 1.04. The van der Waals surface area contributed by atoms with E-state index in [2.05, 4.69) is 5.32 Å². The molecule has 0 aromatic rings. The standard InChI is InChI=1S/C6H9NO3/c1-3-4(8)2-7-5(3)6(9)10/h3,5,7H,2H2,1H3,(H,9,10). The lowest BCUT2D eigenvalue weighted by Gasteiger charge is -2.06. The fourth-order valence-corrected chi connectivity index (χ4v) is 1.04. The Morgan fingerprint density at radius 2 is 2.40 bits per heavy atom. The van der Waals surface area contributed by atoms with Crippen molar-refractivity contribution >= 4 is 11.8 Å². The smallest absolute Gasteiger partial charge is 0.321 e. The van der Waals surface area contributed by atoms with E-state index in [9.17, 15) is 9.59 Å². The molecule has 4 nitrogen and oxygen atoms in total. The summed E-state index contributed by atoms with van der Waals surface area (Å²) in [6, 6.07) is -0.674. The van der Waals surface area contributed by atoms with Crippen LogP contribution in [-0.2, 0) is 9.59 Å². The van der Waals surface area contributed by atoms with E-state index in [0.717, 1.165) is 0 Å². The van der Waals surface area contributed by atoms with Gasteiger partial charge in [0.05, 0.1) is 6.54 Å². The number of nitrogens with one attached hydrogen (secondary N) is 1. The van der Waals surface area contributed by atoms with Crippen LogP contribution in [0.2, 0.25) is 0 Å². The van der Waals surface area contributed by atoms with Crippen LogP contribution >= 0.6 is 0 Å². The first-order valence-electron chi connectivity index (χ1n) is 3.12. The Labute approximate surface area is 58.2 Å². The summed E-state index contributed by atoms with van der Waals surface area (Å²) in [6.07, 6.45) is 0. The van der Waals surface area contributed by atoms with Crippen molar-refractivity contribution in [2.24, 2.45) is 5.92 Å². The molecule has 0 bridgehead atoms. The van der Waals surface area contributed by atoms with Gasteiger partial charge in [0, 0.05) is 5.92 Å². The maximum absolute atomic E-state index is 10.8. The molecule has 4 heteroatoms. The molecule has 0 aliphatic carbocycles. The highest BCUT2D eigenvalue weighted by atomic mass is 16.4. The largest absolute Gasteiger partial charge is 0.480 e. The lowest BCUT2D eigenvalue weighted by molar-refractivity contribution is -0.141. The van der Waals surface area contributed by atoms with Gasteiger partial charge in [0.1, 0.15) is 6.04 Å². The number of Topliss-reactive ketones (excluding diaryl/α,β-unsaturated/α-hetero) is 1. The number of hydrogen-bond donors (Lipinski definition) is 2. The van der Waals surface area contributed by atoms with E-state index in [1.54, 1.807) is 6.92 Å². The lowest BCUT2D eigenvalue weighted by Crippen LogP contribution is -2.34. The summed E-state index contributed by atoms with van der Waals surface area (Å²) in [5.41, 5.74) is 0. The highest BCUT2D eigenvalue weighted by Crippen LogP contribution is 2.10. The van der Waals surface area contributed by atoms with Gasteiger partial charge in [-0.3, -0.25) is 14.9 Å². The van der Waals surface area contributed by atoms with Gasteiger partial charge in [-0.1, -0.05) is 6.92 Å². The van der Waals surface area contributed by atoms with Gasteiger partial charge in [0.2, 0.25) is 0 Å². The number of hydrogen-bond acceptors (Lipinski definition) is 3. The number of ketones is 1. The monoisotopic (exact) mass is 143 g/mol. The van der Waals surface area contributed by atoms with Crippen LogP contribution in [0, 0.1) is 5.92 Å². The number of carbonyl (C=O) groups is 2. The summed E-state index contributed by atoms with van der Waals surface area (Å²) in [7, 11) is 0. The Balaban J connectivity index is 2.66. The third-order valence-electron chi connectivity index (χ3n) is 1.77. The predicted molar refractivity (Wildman–Crippen MR) is 33.6 cm³/mol. The van der Waals surface area contributed by atoms with Crippen molar-refractivity contribution in [3.63, 3.8) is 0 Å². The minimum atomic E-state index is -0.946. The SMILES string of the molecule is CC1C(=O)CNC1C(=O)O. The summed E-state index contributed by atoms with van der Waals surface area (Å²) in [4.78, 5) is 21.1. The molecule has 1 aliphatic heterocycles. The highest BCUT2D eigenvalue weighted by Gasteiger charge is 2.35. The van der Waals surface area contributed by atoms with E-state index >= 15 is 0 Å². The second-order valence-corrected chi connectivity index (χ2v) is 2.45. The Morgan fingerprint density at radius 1 is 1.80 bits per heavy atom. The van der Waals surface area contributed by atoms with Crippen LogP contribution in [0.15, 0.2) is 0 Å². The van der Waals surface area contributed by atoms with E-state index in [-0.39, 0.29) is 18.2 Å². The number of aliphatic carboxylic acids is 1.